The van der Waals surface area contributed by atoms with Crippen molar-refractivity contribution in [2.24, 2.45) is 0 Å². The number of aromatic amines is 1. The summed E-state index contributed by atoms with van der Waals surface area (Å²) >= 11 is 0. The van der Waals surface area contributed by atoms with Gasteiger partial charge in [0.2, 0.25) is 0 Å². The molecule has 0 aliphatic rings. The van der Waals surface area contributed by atoms with Gasteiger partial charge in [-0.3, -0.25) is 9.20 Å². The van der Waals surface area contributed by atoms with E-state index in [0.717, 1.165) is 11.0 Å². The normalized spacial score (nSPS) is 11.1. The highest BCUT2D eigenvalue weighted by Crippen LogP contribution is 2.22. The van der Waals surface area contributed by atoms with Gasteiger partial charge in [0.15, 0.2) is 0 Å². The molecule has 0 fully saturated rings. The smallest absolute Gasteiger partial charge is 0.260 e. The van der Waals surface area contributed by atoms with E-state index >= 15 is 0 Å². The molecule has 0 bridgehead atoms. The number of hydrogen-bond acceptors (Lipinski definition) is 2. The molecule has 122 valence electrons. The summed E-state index contributed by atoms with van der Waals surface area (Å²) in [6.45, 7) is 1.76. The highest BCUT2D eigenvalue weighted by atomic mass is 19.1. The summed E-state index contributed by atoms with van der Waals surface area (Å²) in [5.74, 6) is -0.344. The van der Waals surface area contributed by atoms with E-state index in [1.54, 1.807) is 19.1 Å². The first-order valence-corrected chi connectivity index (χ1v) is 7.89. The summed E-state index contributed by atoms with van der Waals surface area (Å²) in [7, 11) is 0. The molecule has 0 unspecified atom stereocenters. The van der Waals surface area contributed by atoms with Gasteiger partial charge < -0.3 is 4.98 Å². The third kappa shape index (κ3) is 2.31. The molecule has 2 aromatic heterocycles. The number of halogens is 1. The monoisotopic (exact) mass is 331 g/mol. The molecule has 0 amide bonds. The van der Waals surface area contributed by atoms with Gasteiger partial charge in [-0.25, -0.2) is 4.39 Å². The van der Waals surface area contributed by atoms with Gasteiger partial charge in [0, 0.05) is 12.0 Å². The number of nitrogens with zero attached hydrogens (tertiary/aromatic N) is 2. The fourth-order valence-electron chi connectivity index (χ4n) is 3.28. The Hall–Kier alpha value is -3.39. The van der Waals surface area contributed by atoms with Crippen molar-refractivity contribution in [3.8, 4) is 6.07 Å². The summed E-state index contributed by atoms with van der Waals surface area (Å²) in [6, 6.07) is 15.8. The Morgan fingerprint density at radius 3 is 2.76 bits per heavy atom. The van der Waals surface area contributed by atoms with Crippen molar-refractivity contribution in [1.29, 1.82) is 5.26 Å². The zero-order valence-corrected chi connectivity index (χ0v) is 13.5. The summed E-state index contributed by atoms with van der Waals surface area (Å²) < 4.78 is 15.0. The van der Waals surface area contributed by atoms with E-state index in [9.17, 15) is 14.4 Å². The molecule has 4 nitrogen and oxygen atoms in total. The molecule has 0 saturated carbocycles. The van der Waals surface area contributed by atoms with Crippen LogP contribution in [0.3, 0.4) is 0 Å². The molecule has 1 N–H and O–H groups in total. The summed E-state index contributed by atoms with van der Waals surface area (Å²) in [6.07, 6.45) is 0.277. The summed E-state index contributed by atoms with van der Waals surface area (Å²) in [5, 5.41) is 9.62. The Labute approximate surface area is 142 Å². The zero-order valence-electron chi connectivity index (χ0n) is 13.5. The van der Waals surface area contributed by atoms with Crippen LogP contribution in [0.15, 0.2) is 53.3 Å². The minimum Gasteiger partial charge on any atom is -0.338 e. The summed E-state index contributed by atoms with van der Waals surface area (Å²) in [4.78, 5) is 16.3. The van der Waals surface area contributed by atoms with Crippen LogP contribution in [-0.4, -0.2) is 9.38 Å². The molecular weight excluding hydrogens is 317 g/mol. The Morgan fingerprint density at radius 2 is 2.00 bits per heavy atom. The molecule has 25 heavy (non-hydrogen) atoms. The minimum atomic E-state index is -0.344. The Bertz CT molecular complexity index is 1230. The average Bonchev–Trinajstić information content (AvgIpc) is 2.98. The second-order valence-corrected chi connectivity index (χ2v) is 6.03. The van der Waals surface area contributed by atoms with E-state index in [4.69, 9.17) is 0 Å². The van der Waals surface area contributed by atoms with E-state index in [-0.39, 0.29) is 17.8 Å². The van der Waals surface area contributed by atoms with Crippen LogP contribution in [0, 0.1) is 24.1 Å². The lowest BCUT2D eigenvalue weighted by molar-refractivity contribution is 0.626. The molecule has 0 saturated heterocycles. The van der Waals surface area contributed by atoms with Gasteiger partial charge in [0.05, 0.1) is 16.6 Å². The van der Waals surface area contributed by atoms with Crippen molar-refractivity contribution in [3.05, 3.63) is 87.0 Å². The number of nitrogens with one attached hydrogen (secondary N) is 1. The number of H-pyrrole nitrogens is 1. The lowest BCUT2D eigenvalue weighted by atomic mass is 9.99. The average molecular weight is 331 g/mol. The predicted octanol–water partition coefficient (Wildman–Crippen LogP) is 3.69. The number of pyridine rings is 1. The van der Waals surface area contributed by atoms with Gasteiger partial charge in [-0.05, 0) is 42.3 Å². The maximum atomic E-state index is 13.5. The number of benzene rings is 2. The van der Waals surface area contributed by atoms with E-state index in [1.165, 1.54) is 16.5 Å². The maximum absolute atomic E-state index is 13.5. The standard InChI is InChI=1S/C20H14FN3O/c1-12-15(10-13-5-4-6-14(21)9-13)20(25)24-18-8-3-2-7-17(18)23-19(24)16(12)11-22/h2-9,23H,10H2,1H3. The SMILES string of the molecule is Cc1c(Cc2cccc(F)c2)c(=O)n2c([nH]c3ccccc32)c1C#N. The topological polar surface area (TPSA) is 61.1 Å². The fraction of sp³-hybridized carbons (Fsp3) is 0.100. The predicted molar refractivity (Wildman–Crippen MR) is 94.2 cm³/mol. The Morgan fingerprint density at radius 1 is 1.20 bits per heavy atom. The van der Waals surface area contributed by atoms with Crippen molar-refractivity contribution in [3.63, 3.8) is 0 Å². The molecule has 0 spiro atoms. The van der Waals surface area contributed by atoms with E-state index in [2.05, 4.69) is 11.1 Å². The maximum Gasteiger partial charge on any atom is 0.260 e. The van der Waals surface area contributed by atoms with E-state index < -0.39 is 0 Å². The second kappa shape index (κ2) is 5.60. The first-order chi connectivity index (χ1) is 12.1. The second-order valence-electron chi connectivity index (χ2n) is 6.03. The van der Waals surface area contributed by atoms with Gasteiger partial charge in [-0.15, -0.1) is 0 Å². The quantitative estimate of drug-likeness (QED) is 0.609. The molecule has 0 radical (unpaired) electrons. The summed E-state index contributed by atoms with van der Waals surface area (Å²) in [5.41, 5.74) is 4.08. The molecule has 2 aromatic carbocycles. The molecule has 0 aliphatic heterocycles. The molecule has 2 heterocycles. The van der Waals surface area contributed by atoms with E-state index in [0.29, 0.717) is 27.9 Å². The highest BCUT2D eigenvalue weighted by molar-refractivity contribution is 5.83. The van der Waals surface area contributed by atoms with Crippen molar-refractivity contribution >= 4 is 16.7 Å². The first kappa shape index (κ1) is 15.2. The third-order valence-electron chi connectivity index (χ3n) is 4.53. The molecule has 0 atom stereocenters. The van der Waals surface area contributed by atoms with Gasteiger partial charge in [-0.2, -0.15) is 5.26 Å². The van der Waals surface area contributed by atoms with Gasteiger partial charge >= 0.3 is 0 Å². The van der Waals surface area contributed by atoms with Gasteiger partial charge in [0.25, 0.3) is 5.56 Å². The number of hydrogen-bond donors (Lipinski definition) is 1. The fourth-order valence-corrected chi connectivity index (χ4v) is 3.28. The Kier molecular flexibility index (Phi) is 3.40. The van der Waals surface area contributed by atoms with Gasteiger partial charge in [0.1, 0.15) is 17.5 Å². The zero-order chi connectivity index (χ0) is 17.6. The lowest BCUT2D eigenvalue weighted by Gasteiger charge is -2.09. The number of imidazole rings is 1. The molecule has 0 aliphatic carbocycles. The largest absolute Gasteiger partial charge is 0.338 e. The number of aromatic nitrogens is 2. The Balaban J connectivity index is 2.06. The van der Waals surface area contributed by atoms with Crippen LogP contribution in [0.5, 0.6) is 0 Å². The number of para-hydroxylation sites is 2. The number of rotatable bonds is 2. The highest BCUT2D eigenvalue weighted by Gasteiger charge is 2.18. The van der Waals surface area contributed by atoms with Crippen molar-refractivity contribution in [2.45, 2.75) is 13.3 Å². The van der Waals surface area contributed by atoms with Crippen LogP contribution in [0.4, 0.5) is 4.39 Å². The third-order valence-corrected chi connectivity index (χ3v) is 4.53. The lowest BCUT2D eigenvalue weighted by Crippen LogP contribution is -2.21. The van der Waals surface area contributed by atoms with Crippen LogP contribution in [-0.2, 0) is 6.42 Å². The van der Waals surface area contributed by atoms with E-state index in [1.807, 2.05) is 24.3 Å². The number of fused-ring (bicyclic) bond motifs is 3. The first-order valence-electron chi connectivity index (χ1n) is 7.89. The molecule has 4 rings (SSSR count). The molecule has 4 aromatic rings. The van der Waals surface area contributed by atoms with Crippen LogP contribution in [0.25, 0.3) is 16.7 Å². The van der Waals surface area contributed by atoms with Crippen molar-refractivity contribution in [1.82, 2.24) is 9.38 Å². The van der Waals surface area contributed by atoms with Crippen LogP contribution in [0.2, 0.25) is 0 Å². The van der Waals surface area contributed by atoms with Gasteiger partial charge in [-0.1, -0.05) is 24.3 Å². The molecular formula is C20H14FN3O. The molecule has 5 heteroatoms. The number of nitriles is 1. The van der Waals surface area contributed by atoms with Crippen molar-refractivity contribution < 1.29 is 4.39 Å². The van der Waals surface area contributed by atoms with Crippen LogP contribution >= 0.6 is 0 Å². The van der Waals surface area contributed by atoms with Crippen molar-refractivity contribution in [2.75, 3.05) is 0 Å². The van der Waals surface area contributed by atoms with Crippen LogP contribution in [0.1, 0.15) is 22.3 Å². The minimum absolute atomic E-state index is 0.187. The van der Waals surface area contributed by atoms with Crippen LogP contribution < -0.4 is 5.56 Å².